The van der Waals surface area contributed by atoms with Crippen LogP contribution in [0.5, 0.6) is 0 Å². The predicted octanol–water partition coefficient (Wildman–Crippen LogP) is 1.67. The number of carbonyl (C=O) groups is 2. The summed E-state index contributed by atoms with van der Waals surface area (Å²) in [6, 6.07) is 6.58. The fourth-order valence-electron chi connectivity index (χ4n) is 2.16. The number of carbonyl (C=O) groups excluding carboxylic acids is 2. The number of amides is 2. The average Bonchev–Trinajstić information content (AvgIpc) is 3.02. The van der Waals surface area contributed by atoms with E-state index >= 15 is 0 Å². The maximum absolute atomic E-state index is 12.9. The van der Waals surface area contributed by atoms with Gasteiger partial charge in [-0.1, -0.05) is 44.2 Å². The third-order valence-electron chi connectivity index (χ3n) is 3.55. The third-order valence-corrected chi connectivity index (χ3v) is 6.50. The van der Waals surface area contributed by atoms with Crippen molar-refractivity contribution >= 4 is 49.7 Å². The number of sulfonamides is 1. The van der Waals surface area contributed by atoms with Crippen LogP contribution in [0.25, 0.3) is 0 Å². The van der Waals surface area contributed by atoms with E-state index in [-0.39, 0.29) is 21.9 Å². The van der Waals surface area contributed by atoms with Crippen LogP contribution >= 0.6 is 11.3 Å². The quantitative estimate of drug-likeness (QED) is 0.763. The summed E-state index contributed by atoms with van der Waals surface area (Å²) in [7, 11) is -4.09. The third kappa shape index (κ3) is 3.40. The van der Waals surface area contributed by atoms with E-state index in [1.165, 1.54) is 0 Å². The molecule has 0 unspecified atom stereocenters. The molecule has 9 nitrogen and oxygen atoms in total. The summed E-state index contributed by atoms with van der Waals surface area (Å²) in [6.07, 6.45) is 0. The SMILES string of the molecule is CC(C)(C)C(=O)Nc1nnc(S(=O)(=O)N2CC(=O)Nc3ccccc32)s1. The molecule has 0 saturated heterocycles. The summed E-state index contributed by atoms with van der Waals surface area (Å²) in [4.78, 5) is 23.9. The highest BCUT2D eigenvalue weighted by Gasteiger charge is 2.35. The van der Waals surface area contributed by atoms with Gasteiger partial charge in [0, 0.05) is 5.41 Å². The van der Waals surface area contributed by atoms with Crippen molar-refractivity contribution in [3.8, 4) is 0 Å². The number of rotatable bonds is 3. The van der Waals surface area contributed by atoms with Crippen molar-refractivity contribution in [3.63, 3.8) is 0 Å². The van der Waals surface area contributed by atoms with Crippen molar-refractivity contribution in [2.45, 2.75) is 25.1 Å². The lowest BCUT2D eigenvalue weighted by Gasteiger charge is -2.28. The topological polar surface area (TPSA) is 121 Å². The number of anilines is 3. The van der Waals surface area contributed by atoms with Gasteiger partial charge >= 0.3 is 0 Å². The van der Waals surface area contributed by atoms with E-state index in [1.54, 1.807) is 45.0 Å². The second kappa shape index (κ2) is 6.32. The summed E-state index contributed by atoms with van der Waals surface area (Å²) in [6.45, 7) is 4.82. The highest BCUT2D eigenvalue weighted by Crippen LogP contribution is 2.34. The van der Waals surface area contributed by atoms with Gasteiger partial charge in [-0.3, -0.25) is 13.9 Å². The normalized spacial score (nSPS) is 14.6. The van der Waals surface area contributed by atoms with Gasteiger partial charge in [-0.25, -0.2) is 0 Å². The highest BCUT2D eigenvalue weighted by molar-refractivity contribution is 7.94. The van der Waals surface area contributed by atoms with Gasteiger partial charge in [-0.15, -0.1) is 10.2 Å². The van der Waals surface area contributed by atoms with Crippen LogP contribution in [0.3, 0.4) is 0 Å². The van der Waals surface area contributed by atoms with Crippen LogP contribution in [0.15, 0.2) is 28.6 Å². The lowest BCUT2D eigenvalue weighted by atomic mass is 9.96. The Hall–Kier alpha value is -2.53. The number of nitrogens with zero attached hydrogens (tertiary/aromatic N) is 3. The molecule has 0 aliphatic carbocycles. The van der Waals surface area contributed by atoms with Crippen LogP contribution < -0.4 is 14.9 Å². The number of para-hydroxylation sites is 2. The first-order chi connectivity index (χ1) is 12.1. The molecule has 26 heavy (non-hydrogen) atoms. The summed E-state index contributed by atoms with van der Waals surface area (Å²) in [5, 5.41) is 12.7. The van der Waals surface area contributed by atoms with Crippen molar-refractivity contribution in [1.29, 1.82) is 0 Å². The lowest BCUT2D eigenvalue weighted by Crippen LogP contribution is -2.42. The molecule has 0 saturated carbocycles. The fraction of sp³-hybridized carbons (Fsp3) is 0.333. The number of aromatic nitrogens is 2. The summed E-state index contributed by atoms with van der Waals surface area (Å²) in [5.74, 6) is -0.752. The standard InChI is InChI=1S/C15H17N5O4S2/c1-15(2,3)12(22)17-13-18-19-14(25-13)26(23,24)20-8-11(21)16-9-6-4-5-7-10(9)20/h4-7H,8H2,1-3H3,(H,16,21)(H,17,18,22). The predicted molar refractivity (Wildman–Crippen MR) is 97.6 cm³/mol. The molecule has 1 aromatic carbocycles. The van der Waals surface area contributed by atoms with Crippen molar-refractivity contribution in [2.24, 2.45) is 5.41 Å². The Labute approximate surface area is 154 Å². The van der Waals surface area contributed by atoms with Crippen molar-refractivity contribution in [3.05, 3.63) is 24.3 Å². The lowest BCUT2D eigenvalue weighted by molar-refractivity contribution is -0.123. The van der Waals surface area contributed by atoms with Gasteiger partial charge in [-0.05, 0) is 12.1 Å². The molecule has 0 radical (unpaired) electrons. The number of hydrogen-bond acceptors (Lipinski definition) is 7. The molecule has 1 aromatic heterocycles. The Balaban J connectivity index is 1.93. The molecule has 1 aliphatic rings. The summed E-state index contributed by atoms with van der Waals surface area (Å²) in [5.41, 5.74) is 0.0925. The molecule has 0 bridgehead atoms. The van der Waals surface area contributed by atoms with E-state index in [4.69, 9.17) is 0 Å². The molecule has 2 heterocycles. The molecule has 3 rings (SSSR count). The number of hydrogen-bond donors (Lipinski definition) is 2. The molecule has 2 aromatic rings. The van der Waals surface area contributed by atoms with E-state index < -0.39 is 21.3 Å². The molecule has 0 spiro atoms. The number of fused-ring (bicyclic) bond motifs is 1. The number of nitrogens with one attached hydrogen (secondary N) is 2. The minimum absolute atomic E-state index is 0.0817. The Morgan fingerprint density at radius 2 is 1.96 bits per heavy atom. The Morgan fingerprint density at radius 1 is 1.27 bits per heavy atom. The van der Waals surface area contributed by atoms with Gasteiger partial charge < -0.3 is 10.6 Å². The Kier molecular flexibility index (Phi) is 4.44. The maximum Gasteiger partial charge on any atom is 0.294 e. The van der Waals surface area contributed by atoms with Crippen LogP contribution in [0.2, 0.25) is 0 Å². The fourth-order valence-corrected chi connectivity index (χ4v) is 4.60. The molecule has 2 N–H and O–H groups in total. The molecule has 11 heteroatoms. The van der Waals surface area contributed by atoms with Gasteiger partial charge in [0.1, 0.15) is 6.54 Å². The summed E-state index contributed by atoms with van der Waals surface area (Å²) < 4.78 is 26.5. The maximum atomic E-state index is 12.9. The zero-order valence-corrected chi connectivity index (χ0v) is 15.9. The Morgan fingerprint density at radius 3 is 2.65 bits per heavy atom. The zero-order valence-electron chi connectivity index (χ0n) is 14.3. The van der Waals surface area contributed by atoms with Crippen LogP contribution in [-0.2, 0) is 19.6 Å². The van der Waals surface area contributed by atoms with Crippen LogP contribution in [0.4, 0.5) is 16.5 Å². The van der Waals surface area contributed by atoms with Gasteiger partial charge in [-0.2, -0.15) is 8.42 Å². The molecule has 0 fully saturated rings. The van der Waals surface area contributed by atoms with Gasteiger partial charge in [0.15, 0.2) is 0 Å². The van der Waals surface area contributed by atoms with Gasteiger partial charge in [0.2, 0.25) is 16.9 Å². The minimum atomic E-state index is -4.09. The second-order valence-corrected chi connectivity index (χ2v) is 9.67. The average molecular weight is 395 g/mol. The largest absolute Gasteiger partial charge is 0.323 e. The molecule has 0 atom stereocenters. The van der Waals surface area contributed by atoms with E-state index in [1.807, 2.05) is 0 Å². The monoisotopic (exact) mass is 395 g/mol. The zero-order chi connectivity index (χ0) is 19.1. The Bertz CT molecular complexity index is 978. The van der Waals surface area contributed by atoms with Crippen molar-refractivity contribution in [2.75, 3.05) is 21.5 Å². The van der Waals surface area contributed by atoms with E-state index in [9.17, 15) is 18.0 Å². The molecule has 2 amide bonds. The van der Waals surface area contributed by atoms with Crippen LogP contribution in [0.1, 0.15) is 20.8 Å². The summed E-state index contributed by atoms with van der Waals surface area (Å²) >= 11 is 0.738. The highest BCUT2D eigenvalue weighted by atomic mass is 32.2. The first-order valence-electron chi connectivity index (χ1n) is 7.65. The first-order valence-corrected chi connectivity index (χ1v) is 9.91. The van der Waals surface area contributed by atoms with Crippen LogP contribution in [-0.4, -0.2) is 37.0 Å². The number of benzene rings is 1. The van der Waals surface area contributed by atoms with Gasteiger partial charge in [0.05, 0.1) is 11.4 Å². The van der Waals surface area contributed by atoms with Crippen LogP contribution in [0, 0.1) is 5.41 Å². The second-order valence-electron chi connectivity index (χ2n) is 6.65. The molecule has 1 aliphatic heterocycles. The minimum Gasteiger partial charge on any atom is -0.323 e. The molecular formula is C15H17N5O4S2. The smallest absolute Gasteiger partial charge is 0.294 e. The van der Waals surface area contributed by atoms with Gasteiger partial charge in [0.25, 0.3) is 14.4 Å². The van der Waals surface area contributed by atoms with E-state index in [0.29, 0.717) is 11.4 Å². The van der Waals surface area contributed by atoms with E-state index in [0.717, 1.165) is 15.6 Å². The molecular weight excluding hydrogens is 378 g/mol. The molecule has 138 valence electrons. The van der Waals surface area contributed by atoms with E-state index in [2.05, 4.69) is 20.8 Å². The van der Waals surface area contributed by atoms with Crippen molar-refractivity contribution < 1.29 is 18.0 Å². The first kappa shape index (κ1) is 18.3. The van der Waals surface area contributed by atoms with Crippen molar-refractivity contribution in [1.82, 2.24) is 10.2 Å².